The van der Waals surface area contributed by atoms with Crippen molar-refractivity contribution in [2.24, 2.45) is 0 Å². The average Bonchev–Trinajstić information content (AvgIpc) is 2.93. The smallest absolute Gasteiger partial charge is 0.341 e. The fourth-order valence-electron chi connectivity index (χ4n) is 2.21. The van der Waals surface area contributed by atoms with Crippen molar-refractivity contribution in [2.45, 2.75) is 38.3 Å². The molecule has 2 heterocycles. The van der Waals surface area contributed by atoms with Crippen LogP contribution in [0.2, 0.25) is 0 Å². The Morgan fingerprint density at radius 2 is 2.42 bits per heavy atom. The first kappa shape index (κ1) is 14.1. The average molecular weight is 267 g/mol. The van der Waals surface area contributed by atoms with E-state index in [1.54, 1.807) is 6.07 Å². The molecule has 5 heteroatoms. The van der Waals surface area contributed by atoms with Gasteiger partial charge in [-0.25, -0.2) is 4.79 Å². The van der Waals surface area contributed by atoms with Crippen LogP contribution in [-0.2, 0) is 16.0 Å². The Bertz CT molecular complexity index is 396. The number of esters is 1. The molecule has 1 aromatic heterocycles. The van der Waals surface area contributed by atoms with E-state index in [1.807, 2.05) is 0 Å². The number of hydrogen-bond acceptors (Lipinski definition) is 5. The molecule has 1 N–H and O–H groups in total. The molecule has 0 bridgehead atoms. The van der Waals surface area contributed by atoms with Gasteiger partial charge in [0.2, 0.25) is 0 Å². The lowest BCUT2D eigenvalue weighted by Crippen LogP contribution is -2.25. The molecule has 1 aromatic rings. The van der Waals surface area contributed by atoms with Crippen molar-refractivity contribution in [3.8, 4) is 0 Å². The summed E-state index contributed by atoms with van der Waals surface area (Å²) < 4.78 is 15.6. The molecular formula is C14H21NO4. The summed E-state index contributed by atoms with van der Waals surface area (Å²) in [6.45, 7) is 2.40. The van der Waals surface area contributed by atoms with E-state index in [0.717, 1.165) is 31.8 Å². The minimum atomic E-state index is -0.370. The van der Waals surface area contributed by atoms with Crippen LogP contribution in [0.5, 0.6) is 0 Å². The molecule has 1 aliphatic rings. The molecule has 1 atom stereocenters. The SMILES string of the molecule is COC(=O)c1coc(CNCCC2CCCCO2)c1. The van der Waals surface area contributed by atoms with E-state index < -0.39 is 0 Å². The van der Waals surface area contributed by atoms with Crippen LogP contribution in [0.4, 0.5) is 0 Å². The van der Waals surface area contributed by atoms with Gasteiger partial charge in [0, 0.05) is 6.61 Å². The fourth-order valence-corrected chi connectivity index (χ4v) is 2.21. The number of furan rings is 1. The molecule has 0 spiro atoms. The number of methoxy groups -OCH3 is 1. The predicted molar refractivity (Wildman–Crippen MR) is 70.0 cm³/mol. The molecule has 0 aromatic carbocycles. The third-order valence-corrected chi connectivity index (χ3v) is 3.29. The van der Waals surface area contributed by atoms with Crippen LogP contribution >= 0.6 is 0 Å². The monoisotopic (exact) mass is 267 g/mol. The van der Waals surface area contributed by atoms with Crippen LogP contribution in [0, 0.1) is 0 Å². The summed E-state index contributed by atoms with van der Waals surface area (Å²) in [5.74, 6) is 0.371. The Kier molecular flexibility index (Phi) is 5.42. The number of ether oxygens (including phenoxy) is 2. The molecule has 1 aliphatic heterocycles. The van der Waals surface area contributed by atoms with Crippen LogP contribution in [-0.4, -0.2) is 32.3 Å². The van der Waals surface area contributed by atoms with Crippen molar-refractivity contribution in [3.63, 3.8) is 0 Å². The van der Waals surface area contributed by atoms with E-state index in [1.165, 1.54) is 26.2 Å². The van der Waals surface area contributed by atoms with Crippen molar-refractivity contribution in [1.82, 2.24) is 5.32 Å². The van der Waals surface area contributed by atoms with Crippen LogP contribution in [0.25, 0.3) is 0 Å². The molecule has 1 saturated heterocycles. The largest absolute Gasteiger partial charge is 0.467 e. The highest BCUT2D eigenvalue weighted by molar-refractivity contribution is 5.88. The number of carbonyl (C=O) groups excluding carboxylic acids is 1. The minimum Gasteiger partial charge on any atom is -0.467 e. The first-order valence-electron chi connectivity index (χ1n) is 6.77. The molecule has 1 fully saturated rings. The molecular weight excluding hydrogens is 246 g/mol. The zero-order valence-electron chi connectivity index (χ0n) is 11.3. The fraction of sp³-hybridized carbons (Fsp3) is 0.643. The third-order valence-electron chi connectivity index (χ3n) is 3.29. The van der Waals surface area contributed by atoms with Gasteiger partial charge in [0.25, 0.3) is 0 Å². The molecule has 19 heavy (non-hydrogen) atoms. The molecule has 1 unspecified atom stereocenters. The van der Waals surface area contributed by atoms with Crippen LogP contribution in [0.15, 0.2) is 16.7 Å². The van der Waals surface area contributed by atoms with Gasteiger partial charge in [-0.3, -0.25) is 0 Å². The Hall–Kier alpha value is -1.33. The summed E-state index contributed by atoms with van der Waals surface area (Å²) in [7, 11) is 1.36. The summed E-state index contributed by atoms with van der Waals surface area (Å²) >= 11 is 0. The first-order chi connectivity index (χ1) is 9.29. The van der Waals surface area contributed by atoms with Gasteiger partial charge < -0.3 is 19.2 Å². The zero-order valence-corrected chi connectivity index (χ0v) is 11.3. The quantitative estimate of drug-likeness (QED) is 0.632. The second-order valence-corrected chi connectivity index (χ2v) is 4.75. The second kappa shape index (κ2) is 7.31. The van der Waals surface area contributed by atoms with E-state index >= 15 is 0 Å². The van der Waals surface area contributed by atoms with Crippen molar-refractivity contribution < 1.29 is 18.7 Å². The molecule has 2 rings (SSSR count). The number of hydrogen-bond donors (Lipinski definition) is 1. The summed E-state index contributed by atoms with van der Waals surface area (Å²) in [5.41, 5.74) is 0.454. The standard InChI is InChI=1S/C14H21NO4/c1-17-14(16)11-8-13(19-10-11)9-15-6-5-12-4-2-3-7-18-12/h8,10,12,15H,2-7,9H2,1H3. The Morgan fingerprint density at radius 3 is 3.16 bits per heavy atom. The van der Waals surface area contributed by atoms with Crippen molar-refractivity contribution >= 4 is 5.97 Å². The minimum absolute atomic E-state index is 0.370. The Balaban J connectivity index is 1.65. The van der Waals surface area contributed by atoms with Gasteiger partial charge in [-0.15, -0.1) is 0 Å². The van der Waals surface area contributed by atoms with Crippen LogP contribution in [0.1, 0.15) is 41.8 Å². The Labute approximate surface area is 113 Å². The maximum Gasteiger partial charge on any atom is 0.341 e. The van der Waals surface area contributed by atoms with Gasteiger partial charge in [0.15, 0.2) is 0 Å². The van der Waals surface area contributed by atoms with Crippen LogP contribution < -0.4 is 5.32 Å². The maximum atomic E-state index is 11.2. The number of nitrogens with one attached hydrogen (secondary N) is 1. The summed E-state index contributed by atoms with van der Waals surface area (Å²) in [5, 5.41) is 3.29. The summed E-state index contributed by atoms with van der Waals surface area (Å²) in [6, 6.07) is 1.70. The van der Waals surface area contributed by atoms with E-state index in [4.69, 9.17) is 9.15 Å². The van der Waals surface area contributed by atoms with Crippen molar-refractivity contribution in [2.75, 3.05) is 20.3 Å². The van der Waals surface area contributed by atoms with E-state index in [9.17, 15) is 4.79 Å². The van der Waals surface area contributed by atoms with Gasteiger partial charge in [0.05, 0.1) is 25.3 Å². The number of rotatable bonds is 6. The highest BCUT2D eigenvalue weighted by Gasteiger charge is 2.13. The highest BCUT2D eigenvalue weighted by atomic mass is 16.5. The molecule has 0 amide bonds. The summed E-state index contributed by atoms with van der Waals surface area (Å²) in [4.78, 5) is 11.2. The molecule has 0 radical (unpaired) electrons. The Morgan fingerprint density at radius 1 is 1.53 bits per heavy atom. The lowest BCUT2D eigenvalue weighted by atomic mass is 10.1. The second-order valence-electron chi connectivity index (χ2n) is 4.75. The van der Waals surface area contributed by atoms with E-state index in [2.05, 4.69) is 10.1 Å². The normalized spacial score (nSPS) is 19.3. The zero-order chi connectivity index (χ0) is 13.5. The third kappa shape index (κ3) is 4.36. The van der Waals surface area contributed by atoms with E-state index in [-0.39, 0.29) is 5.97 Å². The van der Waals surface area contributed by atoms with E-state index in [0.29, 0.717) is 18.2 Å². The molecule has 5 nitrogen and oxygen atoms in total. The van der Waals surface area contributed by atoms with Gasteiger partial charge in [-0.2, -0.15) is 0 Å². The van der Waals surface area contributed by atoms with Gasteiger partial charge >= 0.3 is 5.97 Å². The summed E-state index contributed by atoms with van der Waals surface area (Å²) in [6.07, 6.45) is 6.45. The maximum absolute atomic E-state index is 11.2. The van der Waals surface area contributed by atoms with Gasteiger partial charge in [0.1, 0.15) is 12.0 Å². The van der Waals surface area contributed by atoms with Crippen molar-refractivity contribution in [1.29, 1.82) is 0 Å². The first-order valence-corrected chi connectivity index (χ1v) is 6.77. The lowest BCUT2D eigenvalue weighted by Gasteiger charge is -2.22. The topological polar surface area (TPSA) is 60.7 Å². The highest BCUT2D eigenvalue weighted by Crippen LogP contribution is 2.15. The van der Waals surface area contributed by atoms with Gasteiger partial charge in [-0.05, 0) is 38.3 Å². The number of carbonyl (C=O) groups is 1. The predicted octanol–water partition coefficient (Wildman–Crippen LogP) is 2.12. The van der Waals surface area contributed by atoms with Gasteiger partial charge in [-0.1, -0.05) is 0 Å². The lowest BCUT2D eigenvalue weighted by molar-refractivity contribution is 0.0115. The molecule has 0 aliphatic carbocycles. The van der Waals surface area contributed by atoms with Crippen molar-refractivity contribution in [3.05, 3.63) is 23.7 Å². The van der Waals surface area contributed by atoms with Crippen LogP contribution in [0.3, 0.4) is 0 Å². The molecule has 106 valence electrons. The molecule has 0 saturated carbocycles.